The van der Waals surface area contributed by atoms with Gasteiger partial charge in [0.05, 0.1) is 10.2 Å². The number of nitrogens with zero attached hydrogens (tertiary/aromatic N) is 1. The molecule has 2 heteroatoms. The molecule has 0 aliphatic carbocycles. The van der Waals surface area contributed by atoms with Crippen LogP contribution in [0.1, 0.15) is 32.2 Å². The molecular formula is C18H21NS. The summed E-state index contributed by atoms with van der Waals surface area (Å²) in [4.78, 5) is 4.67. The van der Waals surface area contributed by atoms with Crippen molar-refractivity contribution in [3.05, 3.63) is 60.2 Å². The molecule has 0 atom stereocenters. The fourth-order valence-corrected chi connectivity index (χ4v) is 3.13. The molecule has 1 nitrogen and oxygen atoms in total. The second kappa shape index (κ2) is 5.76. The summed E-state index contributed by atoms with van der Waals surface area (Å²) in [6, 6.07) is 8.20. The Morgan fingerprint density at radius 3 is 2.60 bits per heavy atom. The molecule has 0 N–H and O–H groups in total. The topological polar surface area (TPSA) is 12.9 Å². The quantitative estimate of drug-likeness (QED) is 0.641. The maximum absolute atomic E-state index is 4.67. The first-order valence-electron chi connectivity index (χ1n) is 6.77. The van der Waals surface area contributed by atoms with Gasteiger partial charge >= 0.3 is 0 Å². The summed E-state index contributed by atoms with van der Waals surface area (Å²) < 4.78 is 1.21. The molecule has 0 saturated carbocycles. The number of fused-ring (bicyclic) bond motifs is 1. The fourth-order valence-electron chi connectivity index (χ4n) is 2.16. The minimum absolute atomic E-state index is 0.244. The highest BCUT2D eigenvalue weighted by molar-refractivity contribution is 7.19. The van der Waals surface area contributed by atoms with Crippen molar-refractivity contribution in [2.75, 3.05) is 0 Å². The number of aromatic nitrogens is 1. The first kappa shape index (κ1) is 14.7. The Kier molecular flexibility index (Phi) is 4.24. The predicted molar refractivity (Wildman–Crippen MR) is 91.0 cm³/mol. The smallest absolute Gasteiger partial charge is 0.124 e. The van der Waals surface area contributed by atoms with Gasteiger partial charge in [-0.1, -0.05) is 57.7 Å². The van der Waals surface area contributed by atoms with Gasteiger partial charge in [0.15, 0.2) is 0 Å². The normalized spacial score (nSPS) is 12.7. The van der Waals surface area contributed by atoms with E-state index in [0.717, 1.165) is 28.1 Å². The molecule has 0 saturated heterocycles. The lowest BCUT2D eigenvalue weighted by atomic mass is 9.88. The van der Waals surface area contributed by atoms with Crippen molar-refractivity contribution in [1.29, 1.82) is 0 Å². The van der Waals surface area contributed by atoms with E-state index in [1.54, 1.807) is 11.3 Å². The van der Waals surface area contributed by atoms with Crippen LogP contribution in [0.3, 0.4) is 0 Å². The van der Waals surface area contributed by atoms with Crippen LogP contribution in [0.15, 0.2) is 55.1 Å². The predicted octanol–water partition coefficient (Wildman–Crippen LogP) is 5.86. The van der Waals surface area contributed by atoms with Gasteiger partial charge < -0.3 is 0 Å². The number of hydrogen-bond donors (Lipinski definition) is 0. The van der Waals surface area contributed by atoms with Gasteiger partial charge in [0.2, 0.25) is 0 Å². The standard InChI is InChI=1S/C18H21NS/c1-6-14(11-13(2)12-18(3,4)5)17-19-15-9-7-8-10-16(15)20-17/h6-11H,1-2,12H2,3-5H3. The Balaban J connectivity index is 2.32. The first-order chi connectivity index (χ1) is 9.39. The minimum atomic E-state index is 0.244. The minimum Gasteiger partial charge on any atom is -0.236 e. The van der Waals surface area contributed by atoms with E-state index in [4.69, 9.17) is 0 Å². The second-order valence-corrected chi connectivity index (χ2v) is 7.22. The zero-order valence-corrected chi connectivity index (χ0v) is 13.3. The number of allylic oxidation sites excluding steroid dienone is 4. The molecule has 0 aliphatic rings. The lowest BCUT2D eigenvalue weighted by Gasteiger charge is -2.18. The zero-order valence-electron chi connectivity index (χ0n) is 12.4. The van der Waals surface area contributed by atoms with E-state index in [-0.39, 0.29) is 5.41 Å². The van der Waals surface area contributed by atoms with Crippen LogP contribution in [0, 0.1) is 5.41 Å². The van der Waals surface area contributed by atoms with Crippen LogP contribution in [-0.4, -0.2) is 4.98 Å². The van der Waals surface area contributed by atoms with Crippen molar-refractivity contribution in [3.63, 3.8) is 0 Å². The lowest BCUT2D eigenvalue weighted by molar-refractivity contribution is 0.414. The Labute approximate surface area is 125 Å². The van der Waals surface area contributed by atoms with E-state index >= 15 is 0 Å². The number of para-hydroxylation sites is 1. The largest absolute Gasteiger partial charge is 0.236 e. The number of benzene rings is 1. The number of hydrogen-bond acceptors (Lipinski definition) is 2. The summed E-state index contributed by atoms with van der Waals surface area (Å²) >= 11 is 1.70. The van der Waals surface area contributed by atoms with Gasteiger partial charge in [0.1, 0.15) is 5.01 Å². The van der Waals surface area contributed by atoms with Gasteiger partial charge in [-0.05, 0) is 30.0 Å². The SMILES string of the molecule is C=CC(=CC(=C)CC(C)(C)C)c1nc2ccccc2s1. The average molecular weight is 283 g/mol. The Bertz CT molecular complexity index is 635. The Hall–Kier alpha value is -1.67. The molecule has 0 spiro atoms. The number of rotatable bonds is 4. The third-order valence-electron chi connectivity index (χ3n) is 2.88. The van der Waals surface area contributed by atoms with Crippen molar-refractivity contribution in [1.82, 2.24) is 4.98 Å². The molecule has 0 radical (unpaired) electrons. The molecule has 0 amide bonds. The summed E-state index contributed by atoms with van der Waals surface area (Å²) in [7, 11) is 0. The summed E-state index contributed by atoms with van der Waals surface area (Å²) in [5.74, 6) is 0. The molecule has 0 fully saturated rings. The summed E-state index contributed by atoms with van der Waals surface area (Å²) in [5, 5.41) is 1.01. The highest BCUT2D eigenvalue weighted by Crippen LogP contribution is 2.30. The summed E-state index contributed by atoms with van der Waals surface area (Å²) in [6.45, 7) is 14.7. The van der Waals surface area contributed by atoms with E-state index in [1.807, 2.05) is 24.3 Å². The highest BCUT2D eigenvalue weighted by atomic mass is 32.1. The lowest BCUT2D eigenvalue weighted by Crippen LogP contribution is -2.04. The van der Waals surface area contributed by atoms with E-state index in [9.17, 15) is 0 Å². The monoisotopic (exact) mass is 283 g/mol. The van der Waals surface area contributed by atoms with Crippen LogP contribution in [0.2, 0.25) is 0 Å². The van der Waals surface area contributed by atoms with Gasteiger partial charge in [-0.3, -0.25) is 0 Å². The number of thiazole rings is 1. The van der Waals surface area contributed by atoms with Crippen LogP contribution in [-0.2, 0) is 0 Å². The molecule has 2 rings (SSSR count). The highest BCUT2D eigenvalue weighted by Gasteiger charge is 2.12. The van der Waals surface area contributed by atoms with Crippen LogP contribution in [0.5, 0.6) is 0 Å². The van der Waals surface area contributed by atoms with Crippen molar-refractivity contribution < 1.29 is 0 Å². The van der Waals surface area contributed by atoms with E-state index in [1.165, 1.54) is 4.70 Å². The first-order valence-corrected chi connectivity index (χ1v) is 7.58. The maximum Gasteiger partial charge on any atom is 0.124 e. The van der Waals surface area contributed by atoms with Crippen molar-refractivity contribution in [2.24, 2.45) is 5.41 Å². The van der Waals surface area contributed by atoms with Crippen molar-refractivity contribution in [2.45, 2.75) is 27.2 Å². The zero-order chi connectivity index (χ0) is 14.8. The molecule has 0 aliphatic heterocycles. The third-order valence-corrected chi connectivity index (χ3v) is 3.96. The van der Waals surface area contributed by atoms with E-state index < -0.39 is 0 Å². The van der Waals surface area contributed by atoms with Gasteiger partial charge in [0.25, 0.3) is 0 Å². The van der Waals surface area contributed by atoms with Gasteiger partial charge in [-0.15, -0.1) is 11.3 Å². The van der Waals surface area contributed by atoms with Crippen molar-refractivity contribution >= 4 is 27.1 Å². The summed E-state index contributed by atoms with van der Waals surface area (Å²) in [5.41, 5.74) is 3.46. The fraction of sp³-hybridized carbons (Fsp3) is 0.278. The average Bonchev–Trinajstić information content (AvgIpc) is 2.77. The van der Waals surface area contributed by atoms with Gasteiger partial charge in [0, 0.05) is 5.57 Å². The van der Waals surface area contributed by atoms with Crippen LogP contribution in [0.4, 0.5) is 0 Å². The summed E-state index contributed by atoms with van der Waals surface area (Å²) in [6.07, 6.45) is 4.94. The molecule has 20 heavy (non-hydrogen) atoms. The Morgan fingerprint density at radius 2 is 2.00 bits per heavy atom. The van der Waals surface area contributed by atoms with Gasteiger partial charge in [-0.2, -0.15) is 0 Å². The van der Waals surface area contributed by atoms with Crippen LogP contribution in [0.25, 0.3) is 15.8 Å². The Morgan fingerprint density at radius 1 is 1.30 bits per heavy atom. The second-order valence-electron chi connectivity index (χ2n) is 6.19. The van der Waals surface area contributed by atoms with Crippen LogP contribution >= 0.6 is 11.3 Å². The van der Waals surface area contributed by atoms with Crippen LogP contribution < -0.4 is 0 Å². The molecule has 1 aromatic carbocycles. The molecule has 0 bridgehead atoms. The molecule has 1 heterocycles. The van der Waals surface area contributed by atoms with E-state index in [2.05, 4.69) is 51.1 Å². The van der Waals surface area contributed by atoms with E-state index in [0.29, 0.717) is 0 Å². The van der Waals surface area contributed by atoms with Crippen molar-refractivity contribution in [3.8, 4) is 0 Å². The molecule has 0 unspecified atom stereocenters. The molecule has 2 aromatic rings. The molecule has 104 valence electrons. The molecule has 1 aromatic heterocycles. The third kappa shape index (κ3) is 3.67. The molecular weight excluding hydrogens is 262 g/mol. The van der Waals surface area contributed by atoms with Gasteiger partial charge in [-0.25, -0.2) is 4.98 Å². The maximum atomic E-state index is 4.67.